The summed E-state index contributed by atoms with van der Waals surface area (Å²) >= 11 is 0. The van der Waals surface area contributed by atoms with Crippen LogP contribution in [0.25, 0.3) is 11.0 Å². The third-order valence-electron chi connectivity index (χ3n) is 3.91. The number of halogens is 1. The molecule has 0 saturated carbocycles. The quantitative estimate of drug-likeness (QED) is 0.712. The van der Waals surface area contributed by atoms with Crippen LogP contribution in [0.1, 0.15) is 12.5 Å². The molecule has 1 aromatic heterocycles. The molecule has 6 nitrogen and oxygen atoms in total. The SMILES string of the molecule is CCc1ccccc1NC(=O)Cn1c(=O)c(=O)[nH]c2cc(F)ccc21. The molecule has 0 atom stereocenters. The van der Waals surface area contributed by atoms with E-state index in [1.807, 2.05) is 19.1 Å². The van der Waals surface area contributed by atoms with Gasteiger partial charge in [-0.3, -0.25) is 19.0 Å². The van der Waals surface area contributed by atoms with Crippen LogP contribution in [0.5, 0.6) is 0 Å². The highest BCUT2D eigenvalue weighted by atomic mass is 19.1. The number of hydrogen-bond acceptors (Lipinski definition) is 3. The average Bonchev–Trinajstić information content (AvgIpc) is 2.59. The van der Waals surface area contributed by atoms with Gasteiger partial charge >= 0.3 is 11.1 Å². The molecule has 7 heteroatoms. The van der Waals surface area contributed by atoms with Crippen LogP contribution in [0, 0.1) is 5.82 Å². The van der Waals surface area contributed by atoms with E-state index in [4.69, 9.17) is 0 Å². The second-order valence-corrected chi connectivity index (χ2v) is 5.57. The van der Waals surface area contributed by atoms with Gasteiger partial charge in [0, 0.05) is 5.69 Å². The first-order valence-corrected chi connectivity index (χ1v) is 7.79. The summed E-state index contributed by atoms with van der Waals surface area (Å²) in [4.78, 5) is 38.6. The number of para-hydroxylation sites is 1. The van der Waals surface area contributed by atoms with Crippen LogP contribution >= 0.6 is 0 Å². The molecule has 128 valence electrons. The predicted octanol–water partition coefficient (Wildman–Crippen LogP) is 2.03. The lowest BCUT2D eigenvalue weighted by atomic mass is 10.1. The maximum atomic E-state index is 13.3. The van der Waals surface area contributed by atoms with Crippen molar-refractivity contribution in [2.75, 3.05) is 5.32 Å². The highest BCUT2D eigenvalue weighted by Gasteiger charge is 2.13. The van der Waals surface area contributed by atoms with Gasteiger partial charge in [0.25, 0.3) is 0 Å². The fourth-order valence-electron chi connectivity index (χ4n) is 2.69. The molecular formula is C18H16FN3O3. The molecule has 3 aromatic rings. The molecule has 0 spiro atoms. The van der Waals surface area contributed by atoms with E-state index in [0.717, 1.165) is 22.6 Å². The van der Waals surface area contributed by atoms with Gasteiger partial charge in [-0.1, -0.05) is 25.1 Å². The summed E-state index contributed by atoms with van der Waals surface area (Å²) in [5, 5.41) is 2.75. The Hall–Kier alpha value is -3.22. The molecule has 0 aliphatic rings. The third kappa shape index (κ3) is 3.35. The first-order chi connectivity index (χ1) is 12.0. The van der Waals surface area contributed by atoms with E-state index < -0.39 is 22.8 Å². The van der Waals surface area contributed by atoms with Gasteiger partial charge in [0.1, 0.15) is 12.4 Å². The molecule has 0 fully saturated rings. The Kier molecular flexibility index (Phi) is 4.47. The lowest BCUT2D eigenvalue weighted by Crippen LogP contribution is -2.38. The highest BCUT2D eigenvalue weighted by Crippen LogP contribution is 2.16. The van der Waals surface area contributed by atoms with E-state index in [9.17, 15) is 18.8 Å². The van der Waals surface area contributed by atoms with Crippen LogP contribution < -0.4 is 16.4 Å². The number of anilines is 1. The molecule has 0 aliphatic carbocycles. The number of rotatable bonds is 4. The number of hydrogen-bond donors (Lipinski definition) is 2. The molecule has 1 heterocycles. The fraction of sp³-hybridized carbons (Fsp3) is 0.167. The minimum absolute atomic E-state index is 0.159. The molecule has 0 bridgehead atoms. The van der Waals surface area contributed by atoms with Crippen molar-refractivity contribution in [3.8, 4) is 0 Å². The number of nitrogens with zero attached hydrogens (tertiary/aromatic N) is 1. The molecule has 0 saturated heterocycles. The number of carbonyl (C=O) groups is 1. The monoisotopic (exact) mass is 341 g/mol. The molecule has 0 aliphatic heterocycles. The van der Waals surface area contributed by atoms with Crippen molar-refractivity contribution < 1.29 is 9.18 Å². The van der Waals surface area contributed by atoms with Gasteiger partial charge in [-0.25, -0.2) is 4.39 Å². The summed E-state index contributed by atoms with van der Waals surface area (Å²) in [7, 11) is 0. The van der Waals surface area contributed by atoms with E-state index >= 15 is 0 Å². The normalized spacial score (nSPS) is 10.8. The minimum atomic E-state index is -0.903. The standard InChI is InChI=1S/C18H16FN3O3/c1-2-11-5-3-4-6-13(11)20-16(23)10-22-15-8-7-12(19)9-14(15)21-17(24)18(22)25/h3-9H,2,10H2,1H3,(H,20,23)(H,21,24). The van der Waals surface area contributed by atoms with Crippen LogP contribution in [-0.4, -0.2) is 15.5 Å². The van der Waals surface area contributed by atoms with Crippen molar-refractivity contribution in [1.29, 1.82) is 0 Å². The van der Waals surface area contributed by atoms with E-state index in [-0.39, 0.29) is 17.6 Å². The van der Waals surface area contributed by atoms with Crippen molar-refractivity contribution in [3.63, 3.8) is 0 Å². The molecule has 2 aromatic carbocycles. The number of aromatic nitrogens is 2. The first-order valence-electron chi connectivity index (χ1n) is 7.79. The van der Waals surface area contributed by atoms with Gasteiger partial charge in [0.15, 0.2) is 0 Å². The Morgan fingerprint density at radius 2 is 1.96 bits per heavy atom. The maximum Gasteiger partial charge on any atom is 0.317 e. The van der Waals surface area contributed by atoms with Crippen LogP contribution in [0.15, 0.2) is 52.1 Å². The van der Waals surface area contributed by atoms with E-state index in [1.54, 1.807) is 12.1 Å². The Morgan fingerprint density at radius 3 is 2.72 bits per heavy atom. The summed E-state index contributed by atoms with van der Waals surface area (Å²) in [5.74, 6) is -0.992. The van der Waals surface area contributed by atoms with Crippen molar-refractivity contribution in [1.82, 2.24) is 9.55 Å². The number of aryl methyl sites for hydroxylation is 1. The Morgan fingerprint density at radius 1 is 1.20 bits per heavy atom. The lowest BCUT2D eigenvalue weighted by molar-refractivity contribution is -0.116. The van der Waals surface area contributed by atoms with E-state index in [2.05, 4.69) is 10.3 Å². The van der Waals surface area contributed by atoms with Gasteiger partial charge in [-0.15, -0.1) is 0 Å². The van der Waals surface area contributed by atoms with Gasteiger partial charge in [0.2, 0.25) is 5.91 Å². The number of carbonyl (C=O) groups excluding carboxylic acids is 1. The number of nitrogens with one attached hydrogen (secondary N) is 2. The summed E-state index contributed by atoms with van der Waals surface area (Å²) in [6.07, 6.45) is 0.740. The molecular weight excluding hydrogens is 325 g/mol. The number of benzene rings is 2. The maximum absolute atomic E-state index is 13.3. The Labute approximate surface area is 141 Å². The van der Waals surface area contributed by atoms with Gasteiger partial charge < -0.3 is 10.3 Å². The Balaban J connectivity index is 1.97. The van der Waals surface area contributed by atoms with Crippen LogP contribution in [-0.2, 0) is 17.8 Å². The van der Waals surface area contributed by atoms with E-state index in [1.165, 1.54) is 12.1 Å². The molecule has 1 amide bonds. The van der Waals surface area contributed by atoms with Gasteiger partial charge in [0.05, 0.1) is 11.0 Å². The van der Waals surface area contributed by atoms with Crippen LogP contribution in [0.3, 0.4) is 0 Å². The van der Waals surface area contributed by atoms with Crippen molar-refractivity contribution in [3.05, 3.63) is 74.6 Å². The number of amides is 1. The largest absolute Gasteiger partial charge is 0.324 e. The Bertz CT molecular complexity index is 1070. The number of aromatic amines is 1. The highest BCUT2D eigenvalue weighted by molar-refractivity contribution is 5.92. The lowest BCUT2D eigenvalue weighted by Gasteiger charge is -2.12. The fourth-order valence-corrected chi connectivity index (χ4v) is 2.69. The van der Waals surface area contributed by atoms with Crippen molar-refractivity contribution in [2.24, 2.45) is 0 Å². The second kappa shape index (κ2) is 6.72. The third-order valence-corrected chi connectivity index (χ3v) is 3.91. The predicted molar refractivity (Wildman–Crippen MR) is 93.2 cm³/mol. The molecule has 25 heavy (non-hydrogen) atoms. The zero-order valence-electron chi connectivity index (χ0n) is 13.5. The van der Waals surface area contributed by atoms with Gasteiger partial charge in [-0.2, -0.15) is 0 Å². The summed E-state index contributed by atoms with van der Waals surface area (Å²) in [6, 6.07) is 11.0. The first kappa shape index (κ1) is 16.6. The summed E-state index contributed by atoms with van der Waals surface area (Å²) < 4.78 is 14.4. The smallest absolute Gasteiger partial charge is 0.317 e. The zero-order valence-corrected chi connectivity index (χ0v) is 13.5. The number of fused-ring (bicyclic) bond motifs is 1. The molecule has 2 N–H and O–H groups in total. The number of H-pyrrole nitrogens is 1. The molecule has 3 rings (SSSR count). The zero-order chi connectivity index (χ0) is 18.0. The summed E-state index contributed by atoms with van der Waals surface area (Å²) in [5.41, 5.74) is 0.290. The molecule has 0 unspecified atom stereocenters. The van der Waals surface area contributed by atoms with Crippen molar-refractivity contribution >= 4 is 22.6 Å². The molecule has 0 radical (unpaired) electrons. The minimum Gasteiger partial charge on any atom is -0.324 e. The average molecular weight is 341 g/mol. The van der Waals surface area contributed by atoms with Crippen LogP contribution in [0.2, 0.25) is 0 Å². The van der Waals surface area contributed by atoms with E-state index in [0.29, 0.717) is 5.69 Å². The van der Waals surface area contributed by atoms with Crippen LogP contribution in [0.4, 0.5) is 10.1 Å². The second-order valence-electron chi connectivity index (χ2n) is 5.57. The topological polar surface area (TPSA) is 84.0 Å². The van der Waals surface area contributed by atoms with Crippen molar-refractivity contribution in [2.45, 2.75) is 19.9 Å². The van der Waals surface area contributed by atoms with Gasteiger partial charge in [-0.05, 0) is 36.2 Å². The summed E-state index contributed by atoms with van der Waals surface area (Å²) in [6.45, 7) is 1.62.